The van der Waals surface area contributed by atoms with Gasteiger partial charge in [0.25, 0.3) is 0 Å². The van der Waals surface area contributed by atoms with Crippen molar-refractivity contribution in [2.75, 3.05) is 19.1 Å². The second-order valence-electron chi connectivity index (χ2n) is 9.31. The van der Waals surface area contributed by atoms with Gasteiger partial charge in [0.2, 0.25) is 11.8 Å². The minimum Gasteiger partial charge on any atom is -0.496 e. The van der Waals surface area contributed by atoms with Crippen molar-refractivity contribution >= 4 is 28.3 Å². The lowest BCUT2D eigenvalue weighted by Crippen LogP contribution is -2.52. The highest BCUT2D eigenvalue weighted by Gasteiger charge is 2.33. The molecule has 2 atom stereocenters. The Morgan fingerprint density at radius 3 is 2.76 bits per heavy atom. The number of rotatable bonds is 7. The maximum absolute atomic E-state index is 14.0. The number of nitrogens with zero attached hydrogens (tertiary/aromatic N) is 4. The van der Waals surface area contributed by atoms with E-state index in [2.05, 4.69) is 25.8 Å². The van der Waals surface area contributed by atoms with Gasteiger partial charge in [-0.3, -0.25) is 9.59 Å². The molecule has 0 unspecified atom stereocenters. The van der Waals surface area contributed by atoms with Gasteiger partial charge in [-0.25, -0.2) is 4.98 Å². The Hall–Kier alpha value is -4.37. The minimum atomic E-state index is -0.638. The second kappa shape index (κ2) is 10.9. The smallest absolute Gasteiger partial charge is 0.249 e. The van der Waals surface area contributed by atoms with Gasteiger partial charge < -0.3 is 20.3 Å². The number of likely N-dealkylation sites (N-methyl/N-ethyl adjacent to an activating group) is 1. The number of anilines is 1. The lowest BCUT2D eigenvalue weighted by Gasteiger charge is -2.28. The zero-order chi connectivity index (χ0) is 26.6. The molecule has 0 saturated carbocycles. The molecule has 9 nitrogen and oxygen atoms in total. The third-order valence-electron chi connectivity index (χ3n) is 7.06. The first kappa shape index (κ1) is 25.3. The van der Waals surface area contributed by atoms with Crippen LogP contribution in [0.1, 0.15) is 24.5 Å². The molecule has 0 spiro atoms. The molecular weight excluding hydrogens is 480 g/mol. The summed E-state index contributed by atoms with van der Waals surface area (Å²) < 4.78 is 5.75. The molecule has 2 N–H and O–H groups in total. The van der Waals surface area contributed by atoms with E-state index in [9.17, 15) is 9.59 Å². The number of hydrogen-bond donors (Lipinski definition) is 2. The quantitative estimate of drug-likeness (QED) is 0.393. The fraction of sp³-hybridized carbons (Fsp3) is 0.276. The minimum absolute atomic E-state index is 0.147. The van der Waals surface area contributed by atoms with Crippen molar-refractivity contribution in [1.29, 1.82) is 0 Å². The van der Waals surface area contributed by atoms with Crippen molar-refractivity contribution in [1.82, 2.24) is 25.8 Å². The van der Waals surface area contributed by atoms with Crippen molar-refractivity contribution in [2.24, 2.45) is 0 Å². The van der Waals surface area contributed by atoms with E-state index in [0.29, 0.717) is 24.4 Å². The van der Waals surface area contributed by atoms with Crippen LogP contribution in [0, 0.1) is 0 Å². The standard InChI is InChI=1S/C29H30N6O3/c1-18(30-2)28(36)33-24-12-9-19-6-4-5-7-25(19)35(29(24)37)17-23-22-11-8-21(27-31-14-15-32-34-27)16-20(22)10-13-26(23)38-3/h4-8,10-11,13-16,18,24,30H,9,12,17H2,1-3H3,(H,33,36)/t18-,24-/m0/s1. The van der Waals surface area contributed by atoms with Gasteiger partial charge in [0.05, 0.1) is 25.9 Å². The number of hydrogen-bond acceptors (Lipinski definition) is 7. The lowest BCUT2D eigenvalue weighted by molar-refractivity contribution is -0.128. The van der Waals surface area contributed by atoms with Crippen molar-refractivity contribution < 1.29 is 14.3 Å². The van der Waals surface area contributed by atoms with Crippen LogP contribution in [0.4, 0.5) is 5.69 Å². The first-order valence-corrected chi connectivity index (χ1v) is 12.6. The zero-order valence-corrected chi connectivity index (χ0v) is 21.6. The number of nitrogens with one attached hydrogen (secondary N) is 2. The van der Waals surface area contributed by atoms with Crippen LogP contribution in [0.25, 0.3) is 22.2 Å². The van der Waals surface area contributed by atoms with Crippen LogP contribution in [0.5, 0.6) is 5.75 Å². The molecule has 194 valence electrons. The first-order chi connectivity index (χ1) is 18.5. The summed E-state index contributed by atoms with van der Waals surface area (Å²) in [6.07, 6.45) is 4.35. The van der Waals surface area contributed by atoms with Gasteiger partial charge in [0.1, 0.15) is 11.8 Å². The first-order valence-electron chi connectivity index (χ1n) is 12.6. The fourth-order valence-corrected chi connectivity index (χ4v) is 4.85. The topological polar surface area (TPSA) is 109 Å². The molecule has 2 heterocycles. The van der Waals surface area contributed by atoms with Crippen LogP contribution in [0.2, 0.25) is 0 Å². The van der Waals surface area contributed by atoms with E-state index in [1.54, 1.807) is 38.4 Å². The Kier molecular flexibility index (Phi) is 7.28. The number of amides is 2. The Morgan fingerprint density at radius 2 is 2.00 bits per heavy atom. The molecule has 1 aliphatic heterocycles. The van der Waals surface area contributed by atoms with E-state index < -0.39 is 12.1 Å². The number of fused-ring (bicyclic) bond motifs is 2. The summed E-state index contributed by atoms with van der Waals surface area (Å²) >= 11 is 0. The molecule has 5 rings (SSSR count). The van der Waals surface area contributed by atoms with Crippen molar-refractivity contribution in [3.05, 3.63) is 78.1 Å². The molecule has 0 aliphatic carbocycles. The summed E-state index contributed by atoms with van der Waals surface area (Å²) in [4.78, 5) is 32.7. The Morgan fingerprint density at radius 1 is 1.16 bits per heavy atom. The van der Waals surface area contributed by atoms with Crippen LogP contribution in [-0.2, 0) is 22.6 Å². The molecule has 4 aromatic rings. The number of benzene rings is 3. The van der Waals surface area contributed by atoms with Crippen LogP contribution in [0.15, 0.2) is 67.0 Å². The Bertz CT molecular complexity index is 1480. The molecule has 3 aromatic carbocycles. The van der Waals surface area contributed by atoms with E-state index in [1.807, 2.05) is 54.6 Å². The van der Waals surface area contributed by atoms with Crippen LogP contribution in [0.3, 0.4) is 0 Å². The average molecular weight is 511 g/mol. The number of carbonyl (C=O) groups excluding carboxylic acids is 2. The molecule has 0 fully saturated rings. The van der Waals surface area contributed by atoms with E-state index in [0.717, 1.165) is 33.2 Å². The summed E-state index contributed by atoms with van der Waals surface area (Å²) in [6, 6.07) is 16.7. The number of para-hydroxylation sites is 1. The number of aromatic nitrogens is 3. The lowest BCUT2D eigenvalue weighted by atomic mass is 9.99. The Balaban J connectivity index is 1.56. The molecule has 9 heteroatoms. The predicted molar refractivity (Wildman–Crippen MR) is 146 cm³/mol. The van der Waals surface area contributed by atoms with Crippen molar-refractivity contribution in [3.8, 4) is 17.1 Å². The molecule has 2 amide bonds. The maximum Gasteiger partial charge on any atom is 0.249 e. The van der Waals surface area contributed by atoms with Gasteiger partial charge in [-0.05, 0) is 61.3 Å². The second-order valence-corrected chi connectivity index (χ2v) is 9.31. The average Bonchev–Trinajstić information content (AvgIpc) is 3.09. The summed E-state index contributed by atoms with van der Waals surface area (Å²) in [6.45, 7) is 2.06. The fourth-order valence-electron chi connectivity index (χ4n) is 4.85. The summed E-state index contributed by atoms with van der Waals surface area (Å²) in [5, 5.41) is 15.9. The van der Waals surface area contributed by atoms with E-state index in [1.165, 1.54) is 0 Å². The highest BCUT2D eigenvalue weighted by Crippen LogP contribution is 2.35. The number of aryl methyl sites for hydroxylation is 1. The molecule has 0 bridgehead atoms. The van der Waals surface area contributed by atoms with Crippen molar-refractivity contribution in [3.63, 3.8) is 0 Å². The number of carbonyl (C=O) groups is 2. The molecule has 1 aliphatic rings. The molecule has 38 heavy (non-hydrogen) atoms. The Labute approximate surface area is 221 Å². The van der Waals surface area contributed by atoms with Gasteiger partial charge in [-0.15, -0.1) is 5.10 Å². The third kappa shape index (κ3) is 4.92. The van der Waals surface area contributed by atoms with Gasteiger partial charge in [0.15, 0.2) is 5.82 Å². The van der Waals surface area contributed by atoms with E-state index >= 15 is 0 Å². The normalized spacial score (nSPS) is 16.0. The third-order valence-corrected chi connectivity index (χ3v) is 7.06. The number of ether oxygens (including phenoxy) is 1. The molecule has 0 radical (unpaired) electrons. The van der Waals surface area contributed by atoms with Crippen LogP contribution >= 0.6 is 0 Å². The highest BCUT2D eigenvalue weighted by molar-refractivity contribution is 6.02. The zero-order valence-electron chi connectivity index (χ0n) is 21.6. The van der Waals surface area contributed by atoms with Crippen molar-refractivity contribution in [2.45, 2.75) is 38.4 Å². The van der Waals surface area contributed by atoms with Gasteiger partial charge in [-0.2, -0.15) is 5.10 Å². The molecule has 0 saturated heterocycles. The highest BCUT2D eigenvalue weighted by atomic mass is 16.5. The SMILES string of the molecule is CN[C@@H](C)C(=O)N[C@H]1CCc2ccccc2N(Cc2c(OC)ccc3cc(-c4nccnn4)ccc23)C1=O. The monoisotopic (exact) mass is 510 g/mol. The van der Waals surface area contributed by atoms with Crippen LogP contribution in [-0.4, -0.2) is 53.2 Å². The van der Waals surface area contributed by atoms with Crippen LogP contribution < -0.4 is 20.3 Å². The summed E-state index contributed by atoms with van der Waals surface area (Å²) in [7, 11) is 3.35. The molecule has 1 aromatic heterocycles. The maximum atomic E-state index is 14.0. The summed E-state index contributed by atoms with van der Waals surface area (Å²) in [5.41, 5.74) is 3.63. The summed E-state index contributed by atoms with van der Waals surface area (Å²) in [5.74, 6) is 0.871. The van der Waals surface area contributed by atoms with Gasteiger partial charge in [-0.1, -0.05) is 36.4 Å². The molecular formula is C29H30N6O3. The number of methoxy groups -OCH3 is 1. The largest absolute Gasteiger partial charge is 0.496 e. The van der Waals surface area contributed by atoms with Gasteiger partial charge in [0, 0.05) is 23.0 Å². The van der Waals surface area contributed by atoms with Gasteiger partial charge >= 0.3 is 0 Å². The van der Waals surface area contributed by atoms with E-state index in [-0.39, 0.29) is 18.4 Å². The van der Waals surface area contributed by atoms with E-state index in [4.69, 9.17) is 4.74 Å². The predicted octanol–water partition coefficient (Wildman–Crippen LogP) is 3.27.